The van der Waals surface area contributed by atoms with Crippen molar-refractivity contribution in [3.8, 4) is 21.8 Å². The van der Waals surface area contributed by atoms with Crippen LogP contribution in [0, 0.1) is 5.82 Å². The molecule has 2 aromatic heterocycles. The van der Waals surface area contributed by atoms with E-state index in [1.165, 1.54) is 33.9 Å². The van der Waals surface area contributed by atoms with Crippen LogP contribution in [0.5, 0.6) is 0 Å². The predicted octanol–water partition coefficient (Wildman–Crippen LogP) is 7.98. The summed E-state index contributed by atoms with van der Waals surface area (Å²) in [6.07, 6.45) is 9.07. The highest BCUT2D eigenvalue weighted by Gasteiger charge is 2.30. The van der Waals surface area contributed by atoms with Gasteiger partial charge in [0.25, 0.3) is 0 Å². The molecule has 192 valence electrons. The minimum atomic E-state index is -0.371. The van der Waals surface area contributed by atoms with Crippen molar-refractivity contribution in [1.82, 2.24) is 20.3 Å². The lowest BCUT2D eigenvalue weighted by Gasteiger charge is -2.16. The van der Waals surface area contributed by atoms with Gasteiger partial charge in [-0.1, -0.05) is 35.4 Å². The van der Waals surface area contributed by atoms with E-state index in [2.05, 4.69) is 47.2 Å². The van der Waals surface area contributed by atoms with Gasteiger partial charge in [0.05, 0.1) is 32.0 Å². The summed E-state index contributed by atoms with van der Waals surface area (Å²) in [7, 11) is 2.91. The van der Waals surface area contributed by atoms with Gasteiger partial charge in [0.1, 0.15) is 5.82 Å². The van der Waals surface area contributed by atoms with Crippen LogP contribution in [0.1, 0.15) is 51.0 Å². The summed E-state index contributed by atoms with van der Waals surface area (Å²) in [6.45, 7) is 6.96. The molecular formula is C25H30ClFN6S3. The van der Waals surface area contributed by atoms with Gasteiger partial charge in [0.2, 0.25) is 5.95 Å². The summed E-state index contributed by atoms with van der Waals surface area (Å²) in [5, 5.41) is 8.26. The van der Waals surface area contributed by atoms with Crippen molar-refractivity contribution in [2.75, 3.05) is 22.8 Å². The molecule has 1 aromatic carbocycles. The van der Waals surface area contributed by atoms with E-state index >= 15 is 0 Å². The van der Waals surface area contributed by atoms with Crippen LogP contribution < -0.4 is 15.4 Å². The average molecular weight is 565 g/mol. The molecular weight excluding hydrogens is 535 g/mol. The Labute approximate surface area is 228 Å². The summed E-state index contributed by atoms with van der Waals surface area (Å²) in [6, 6.07) is 4.93. The third-order valence-corrected chi connectivity index (χ3v) is 8.40. The second-order valence-corrected chi connectivity index (χ2v) is 12.3. The number of thiazole rings is 1. The Kier molecular flexibility index (Phi) is 9.38. The van der Waals surface area contributed by atoms with Crippen LogP contribution in [0.3, 0.4) is 0 Å². The molecule has 4 rings (SSSR count). The van der Waals surface area contributed by atoms with Crippen molar-refractivity contribution in [1.29, 1.82) is 0 Å². The summed E-state index contributed by atoms with van der Waals surface area (Å²) in [5.41, 5.74) is 3.63. The average Bonchev–Trinajstić information content (AvgIpc) is 3.62. The fourth-order valence-corrected chi connectivity index (χ4v) is 6.11. The lowest BCUT2D eigenvalue weighted by Crippen LogP contribution is -2.31. The molecule has 1 saturated carbocycles. The maximum Gasteiger partial charge on any atom is 0.223 e. The van der Waals surface area contributed by atoms with Gasteiger partial charge in [-0.2, -0.15) is 0 Å². The maximum absolute atomic E-state index is 14.6. The van der Waals surface area contributed by atoms with E-state index in [9.17, 15) is 4.39 Å². The Balaban J connectivity index is 1.64. The Morgan fingerprint density at radius 1 is 1.33 bits per heavy atom. The van der Waals surface area contributed by atoms with Gasteiger partial charge in [-0.25, -0.2) is 19.3 Å². The molecule has 1 atom stereocenters. The smallest absolute Gasteiger partial charge is 0.223 e. The second kappa shape index (κ2) is 12.5. The van der Waals surface area contributed by atoms with Crippen molar-refractivity contribution in [2.45, 2.75) is 52.0 Å². The minimum Gasteiger partial charge on any atom is -0.385 e. The number of aromatic nitrogens is 3. The van der Waals surface area contributed by atoms with E-state index in [4.69, 9.17) is 21.6 Å². The number of rotatable bonds is 12. The molecule has 3 aromatic rings. The first-order valence-electron chi connectivity index (χ1n) is 11.9. The highest BCUT2D eigenvalue weighted by molar-refractivity contribution is 8.76. The topological polar surface area (TPSA) is 74.8 Å². The molecule has 1 aliphatic carbocycles. The first-order chi connectivity index (χ1) is 17.4. The molecule has 0 unspecified atom stereocenters. The third kappa shape index (κ3) is 6.85. The fourth-order valence-electron chi connectivity index (χ4n) is 3.74. The van der Waals surface area contributed by atoms with Crippen LogP contribution in [0.25, 0.3) is 21.8 Å². The number of halogens is 2. The van der Waals surface area contributed by atoms with Crippen LogP contribution in [-0.2, 0) is 0 Å². The van der Waals surface area contributed by atoms with Gasteiger partial charge in [-0.05, 0) is 57.6 Å². The van der Waals surface area contributed by atoms with Crippen molar-refractivity contribution in [3.63, 3.8) is 0 Å². The van der Waals surface area contributed by atoms with Crippen molar-refractivity contribution >= 4 is 56.3 Å². The number of hydrogen-bond donors (Lipinski definition) is 3. The van der Waals surface area contributed by atoms with Crippen LogP contribution in [-0.4, -0.2) is 33.8 Å². The second-order valence-electron chi connectivity index (χ2n) is 8.66. The molecule has 1 fully saturated rings. The summed E-state index contributed by atoms with van der Waals surface area (Å²) in [4.78, 5) is 15.0. The van der Waals surface area contributed by atoms with E-state index in [0.29, 0.717) is 40.4 Å². The SMILES string of the molecule is CCC=C(C)N[C@@H](C)CNc1nccc(-c2sc(C3CC3)nc2-c2cc(F)cc(NSSC)c2Cl)n1. The third-order valence-electron chi connectivity index (χ3n) is 5.54. The molecule has 2 heterocycles. The van der Waals surface area contributed by atoms with E-state index < -0.39 is 0 Å². The Bertz CT molecular complexity index is 1230. The number of allylic oxidation sites excluding steroid dienone is 2. The van der Waals surface area contributed by atoms with E-state index in [0.717, 1.165) is 40.5 Å². The minimum absolute atomic E-state index is 0.205. The summed E-state index contributed by atoms with van der Waals surface area (Å²) in [5.74, 6) is 0.615. The number of anilines is 2. The largest absolute Gasteiger partial charge is 0.385 e. The fraction of sp³-hybridized carbons (Fsp3) is 0.400. The van der Waals surface area contributed by atoms with Crippen molar-refractivity contribution in [3.05, 3.63) is 52.0 Å². The molecule has 0 amide bonds. The molecule has 0 spiro atoms. The standard InChI is InChI=1S/C25H30ClFN6S3/c1-5-6-14(2)30-15(3)13-29-25-28-10-9-19(31-25)23-22(32-24(35-23)16-7-8-16)18-11-17(27)12-20(21(18)26)33-36-34-4/h6,9-12,15-16,30,33H,5,7-8,13H2,1-4H3,(H,28,29,31)/t15-/m0/s1. The van der Waals surface area contributed by atoms with E-state index in [1.54, 1.807) is 17.5 Å². The monoisotopic (exact) mass is 564 g/mol. The van der Waals surface area contributed by atoms with Crippen LogP contribution in [0.4, 0.5) is 16.0 Å². The predicted molar refractivity (Wildman–Crippen MR) is 155 cm³/mol. The van der Waals surface area contributed by atoms with Crippen LogP contribution in [0.2, 0.25) is 5.02 Å². The van der Waals surface area contributed by atoms with Gasteiger partial charge >= 0.3 is 0 Å². The Hall–Kier alpha value is -2.01. The first kappa shape index (κ1) is 27.0. The maximum atomic E-state index is 14.6. The number of benzene rings is 1. The van der Waals surface area contributed by atoms with Gasteiger partial charge in [-0.3, -0.25) is 0 Å². The molecule has 0 aliphatic heterocycles. The lowest BCUT2D eigenvalue weighted by molar-refractivity contribution is 0.629. The molecule has 11 heteroatoms. The Morgan fingerprint density at radius 2 is 2.14 bits per heavy atom. The quantitative estimate of drug-likeness (QED) is 0.151. The number of hydrogen-bond acceptors (Lipinski definition) is 9. The molecule has 3 N–H and O–H groups in total. The molecule has 0 saturated heterocycles. The summed E-state index contributed by atoms with van der Waals surface area (Å²) < 4.78 is 17.7. The van der Waals surface area contributed by atoms with Crippen molar-refractivity contribution in [2.24, 2.45) is 0 Å². The van der Waals surface area contributed by atoms with Gasteiger partial charge in [0.15, 0.2) is 0 Å². The summed E-state index contributed by atoms with van der Waals surface area (Å²) >= 11 is 8.35. The van der Waals surface area contributed by atoms with Gasteiger partial charge in [0, 0.05) is 46.9 Å². The zero-order valence-corrected chi connectivity index (χ0v) is 23.9. The zero-order chi connectivity index (χ0) is 25.7. The van der Waals surface area contributed by atoms with E-state index in [-0.39, 0.29) is 11.9 Å². The van der Waals surface area contributed by atoms with Crippen LogP contribution >= 0.6 is 44.7 Å². The zero-order valence-electron chi connectivity index (χ0n) is 20.7. The molecule has 0 bridgehead atoms. The first-order valence-corrected chi connectivity index (χ1v) is 15.6. The normalized spacial score (nSPS) is 14.6. The highest BCUT2D eigenvalue weighted by Crippen LogP contribution is 2.48. The Morgan fingerprint density at radius 3 is 2.86 bits per heavy atom. The number of nitrogens with zero attached hydrogens (tertiary/aromatic N) is 3. The van der Waals surface area contributed by atoms with Gasteiger partial charge in [-0.15, -0.1) is 11.3 Å². The van der Waals surface area contributed by atoms with Crippen LogP contribution in [0.15, 0.2) is 36.2 Å². The molecule has 1 aliphatic rings. The lowest BCUT2D eigenvalue weighted by atomic mass is 10.1. The molecule has 36 heavy (non-hydrogen) atoms. The molecule has 6 nitrogen and oxygen atoms in total. The highest BCUT2D eigenvalue weighted by atomic mass is 35.5. The van der Waals surface area contributed by atoms with E-state index in [1.807, 2.05) is 12.3 Å². The number of nitrogens with one attached hydrogen (secondary N) is 3. The van der Waals surface area contributed by atoms with Gasteiger partial charge < -0.3 is 15.4 Å². The molecule has 0 radical (unpaired) electrons. The van der Waals surface area contributed by atoms with Crippen molar-refractivity contribution < 1.29 is 4.39 Å².